The molecule has 5 nitrogen and oxygen atoms in total. The van der Waals surface area contributed by atoms with Crippen molar-refractivity contribution < 1.29 is 9.26 Å². The largest absolute Gasteiger partial charge is 0.491 e. The SMILES string of the molecule is CC(C)Oc1ccc(-c2noc([C@@H]3CCCNC3)n2)cc1. The third-order valence-electron chi connectivity index (χ3n) is 3.57. The van der Waals surface area contributed by atoms with Crippen LogP contribution in [0.5, 0.6) is 5.75 Å². The van der Waals surface area contributed by atoms with Crippen molar-refractivity contribution in [2.75, 3.05) is 13.1 Å². The van der Waals surface area contributed by atoms with Gasteiger partial charge < -0.3 is 14.6 Å². The number of hydrogen-bond donors (Lipinski definition) is 1. The first kappa shape index (κ1) is 14.1. The summed E-state index contributed by atoms with van der Waals surface area (Å²) in [7, 11) is 0. The molecule has 112 valence electrons. The van der Waals surface area contributed by atoms with E-state index >= 15 is 0 Å². The van der Waals surface area contributed by atoms with Crippen LogP contribution in [-0.4, -0.2) is 29.3 Å². The second-order valence-corrected chi connectivity index (χ2v) is 5.69. The van der Waals surface area contributed by atoms with Crippen LogP contribution < -0.4 is 10.1 Å². The van der Waals surface area contributed by atoms with Gasteiger partial charge in [-0.25, -0.2) is 0 Å². The van der Waals surface area contributed by atoms with Gasteiger partial charge in [0.25, 0.3) is 0 Å². The van der Waals surface area contributed by atoms with Gasteiger partial charge in [-0.1, -0.05) is 5.16 Å². The molecule has 3 rings (SSSR count). The van der Waals surface area contributed by atoms with Gasteiger partial charge in [0.2, 0.25) is 11.7 Å². The first-order valence-corrected chi connectivity index (χ1v) is 7.54. The molecule has 1 aromatic carbocycles. The minimum absolute atomic E-state index is 0.173. The van der Waals surface area contributed by atoms with Gasteiger partial charge in [0, 0.05) is 12.1 Å². The predicted octanol–water partition coefficient (Wildman–Crippen LogP) is 2.99. The van der Waals surface area contributed by atoms with Gasteiger partial charge in [-0.05, 0) is 57.5 Å². The summed E-state index contributed by atoms with van der Waals surface area (Å²) in [5.74, 6) is 2.57. The molecule has 5 heteroatoms. The summed E-state index contributed by atoms with van der Waals surface area (Å²) >= 11 is 0. The van der Waals surface area contributed by atoms with Crippen molar-refractivity contribution in [3.63, 3.8) is 0 Å². The van der Waals surface area contributed by atoms with Crippen molar-refractivity contribution in [1.82, 2.24) is 15.5 Å². The van der Waals surface area contributed by atoms with E-state index < -0.39 is 0 Å². The Kier molecular flexibility index (Phi) is 4.20. The summed E-state index contributed by atoms with van der Waals surface area (Å²) in [5, 5.41) is 7.46. The maximum Gasteiger partial charge on any atom is 0.231 e. The molecule has 1 aromatic heterocycles. The molecule has 2 aromatic rings. The van der Waals surface area contributed by atoms with Gasteiger partial charge in [-0.2, -0.15) is 4.98 Å². The van der Waals surface area contributed by atoms with E-state index in [1.807, 2.05) is 38.1 Å². The average Bonchev–Trinajstić information content (AvgIpc) is 2.98. The average molecular weight is 287 g/mol. The molecule has 0 spiro atoms. The minimum Gasteiger partial charge on any atom is -0.491 e. The number of piperidine rings is 1. The molecule has 1 aliphatic heterocycles. The second-order valence-electron chi connectivity index (χ2n) is 5.69. The van der Waals surface area contributed by atoms with Crippen molar-refractivity contribution in [2.45, 2.75) is 38.7 Å². The highest BCUT2D eigenvalue weighted by molar-refractivity contribution is 5.55. The Balaban J connectivity index is 1.73. The van der Waals surface area contributed by atoms with Gasteiger partial charge in [-0.3, -0.25) is 0 Å². The molecule has 2 heterocycles. The van der Waals surface area contributed by atoms with Crippen LogP contribution in [-0.2, 0) is 0 Å². The van der Waals surface area contributed by atoms with Gasteiger partial charge in [0.1, 0.15) is 5.75 Å². The summed E-state index contributed by atoms with van der Waals surface area (Å²) in [4.78, 5) is 4.54. The zero-order valence-electron chi connectivity index (χ0n) is 12.5. The molecule has 0 bridgehead atoms. The third kappa shape index (κ3) is 3.42. The zero-order valence-corrected chi connectivity index (χ0v) is 12.5. The molecular formula is C16H21N3O2. The Bertz CT molecular complexity index is 571. The van der Waals surface area contributed by atoms with Crippen LogP contribution >= 0.6 is 0 Å². The quantitative estimate of drug-likeness (QED) is 0.936. The highest BCUT2D eigenvalue weighted by Gasteiger charge is 2.21. The van der Waals surface area contributed by atoms with E-state index in [1.165, 1.54) is 0 Å². The van der Waals surface area contributed by atoms with Crippen LogP contribution in [0.1, 0.15) is 38.5 Å². The smallest absolute Gasteiger partial charge is 0.231 e. The molecule has 1 N–H and O–H groups in total. The van der Waals surface area contributed by atoms with E-state index in [9.17, 15) is 0 Å². The number of aromatic nitrogens is 2. The lowest BCUT2D eigenvalue weighted by Gasteiger charge is -2.18. The third-order valence-corrected chi connectivity index (χ3v) is 3.57. The number of hydrogen-bond acceptors (Lipinski definition) is 5. The molecule has 0 unspecified atom stereocenters. The Labute approximate surface area is 124 Å². The van der Waals surface area contributed by atoms with Crippen LogP contribution in [0.4, 0.5) is 0 Å². The molecule has 21 heavy (non-hydrogen) atoms. The first-order chi connectivity index (χ1) is 10.2. The standard InChI is InChI=1S/C16H21N3O2/c1-11(2)20-14-7-5-12(6-8-14)15-18-16(21-19-15)13-4-3-9-17-10-13/h5-8,11,13,17H,3-4,9-10H2,1-2H3/t13-/m1/s1. The molecule has 1 atom stereocenters. The summed E-state index contributed by atoms with van der Waals surface area (Å²) in [6, 6.07) is 7.80. The number of nitrogens with one attached hydrogen (secondary N) is 1. The maximum atomic E-state index is 5.63. The Morgan fingerprint density at radius 1 is 1.29 bits per heavy atom. The van der Waals surface area contributed by atoms with Crippen molar-refractivity contribution >= 4 is 0 Å². The van der Waals surface area contributed by atoms with Crippen LogP contribution in [0.2, 0.25) is 0 Å². The number of benzene rings is 1. The van der Waals surface area contributed by atoms with Crippen molar-refractivity contribution in [3.8, 4) is 17.1 Å². The van der Waals surface area contributed by atoms with Gasteiger partial charge >= 0.3 is 0 Å². The lowest BCUT2D eigenvalue weighted by molar-refractivity contribution is 0.242. The van der Waals surface area contributed by atoms with Gasteiger partial charge in [-0.15, -0.1) is 0 Å². The maximum absolute atomic E-state index is 5.63. The van der Waals surface area contributed by atoms with Crippen LogP contribution in [0, 0.1) is 0 Å². The second kappa shape index (κ2) is 6.26. The number of nitrogens with zero attached hydrogens (tertiary/aromatic N) is 2. The lowest BCUT2D eigenvalue weighted by Crippen LogP contribution is -2.28. The normalized spacial score (nSPS) is 18.9. The van der Waals surface area contributed by atoms with Crippen molar-refractivity contribution in [1.29, 1.82) is 0 Å². The fourth-order valence-electron chi connectivity index (χ4n) is 2.54. The predicted molar refractivity (Wildman–Crippen MR) is 80.3 cm³/mol. The topological polar surface area (TPSA) is 60.2 Å². The molecule has 0 radical (unpaired) electrons. The van der Waals surface area contributed by atoms with Crippen molar-refractivity contribution in [3.05, 3.63) is 30.2 Å². The minimum atomic E-state index is 0.173. The van der Waals surface area contributed by atoms with Gasteiger partial charge in [0.05, 0.1) is 12.0 Å². The highest BCUT2D eigenvalue weighted by atomic mass is 16.5. The van der Waals surface area contributed by atoms with E-state index in [2.05, 4.69) is 15.5 Å². The van der Waals surface area contributed by atoms with E-state index in [4.69, 9.17) is 9.26 Å². The van der Waals surface area contributed by atoms with Gasteiger partial charge in [0.15, 0.2) is 0 Å². The monoisotopic (exact) mass is 287 g/mol. The lowest BCUT2D eigenvalue weighted by atomic mass is 10.00. The highest BCUT2D eigenvalue weighted by Crippen LogP contribution is 2.25. The fourth-order valence-corrected chi connectivity index (χ4v) is 2.54. The molecule has 0 aliphatic carbocycles. The summed E-state index contributed by atoms with van der Waals surface area (Å²) in [6.07, 6.45) is 2.44. The van der Waals surface area contributed by atoms with E-state index in [0.717, 1.165) is 43.1 Å². The van der Waals surface area contributed by atoms with Crippen LogP contribution in [0.25, 0.3) is 11.4 Å². The van der Waals surface area contributed by atoms with E-state index in [1.54, 1.807) is 0 Å². The first-order valence-electron chi connectivity index (χ1n) is 7.54. The zero-order chi connectivity index (χ0) is 14.7. The Morgan fingerprint density at radius 2 is 2.10 bits per heavy atom. The molecule has 1 saturated heterocycles. The fraction of sp³-hybridized carbons (Fsp3) is 0.500. The Morgan fingerprint density at radius 3 is 2.76 bits per heavy atom. The summed E-state index contributed by atoms with van der Waals surface area (Å²) in [6.45, 7) is 6.02. The molecule has 1 fully saturated rings. The van der Waals surface area contributed by atoms with E-state index in [0.29, 0.717) is 11.7 Å². The molecule has 0 amide bonds. The Hall–Kier alpha value is -1.88. The van der Waals surface area contributed by atoms with Crippen molar-refractivity contribution in [2.24, 2.45) is 0 Å². The molecule has 1 aliphatic rings. The summed E-state index contributed by atoms with van der Waals surface area (Å²) < 4.78 is 11.1. The van der Waals surface area contributed by atoms with Crippen LogP contribution in [0.15, 0.2) is 28.8 Å². The summed E-state index contributed by atoms with van der Waals surface area (Å²) in [5.41, 5.74) is 0.949. The van der Waals surface area contributed by atoms with E-state index in [-0.39, 0.29) is 6.10 Å². The molecule has 0 saturated carbocycles. The number of ether oxygens (including phenoxy) is 1. The van der Waals surface area contributed by atoms with Crippen LogP contribution in [0.3, 0.4) is 0 Å². The number of rotatable bonds is 4. The molecular weight excluding hydrogens is 266 g/mol.